The van der Waals surface area contributed by atoms with Crippen LogP contribution in [0.25, 0.3) is 5.69 Å². The van der Waals surface area contributed by atoms with E-state index in [1.165, 1.54) is 16.8 Å². The molecule has 0 fully saturated rings. The van der Waals surface area contributed by atoms with Crippen molar-refractivity contribution in [3.05, 3.63) is 30.1 Å². The van der Waals surface area contributed by atoms with E-state index < -0.39 is 10.0 Å². The normalized spacial score (nSPS) is 13.5. The number of nitrogens with two attached hydrogens (primary N) is 2. The summed E-state index contributed by atoms with van der Waals surface area (Å²) in [5, 5.41) is 16.1. The first-order valence-corrected chi connectivity index (χ1v) is 6.61. The standard InChI is InChI=1S/C9H12N6O2S/c1-6(10)9-12-13-14-15(9)7-2-4-8(5-3-7)18(11,16)17/h2-6H,10H2,1H3,(H2,11,16,17). The van der Waals surface area contributed by atoms with E-state index in [0.717, 1.165) is 0 Å². The topological polar surface area (TPSA) is 130 Å². The summed E-state index contributed by atoms with van der Waals surface area (Å²) in [7, 11) is -3.70. The zero-order valence-electron chi connectivity index (χ0n) is 9.56. The van der Waals surface area contributed by atoms with Gasteiger partial charge in [0, 0.05) is 0 Å². The van der Waals surface area contributed by atoms with Crippen LogP contribution in [-0.2, 0) is 10.0 Å². The van der Waals surface area contributed by atoms with Crippen LogP contribution in [0.15, 0.2) is 29.2 Å². The molecule has 2 rings (SSSR count). The molecule has 96 valence electrons. The summed E-state index contributed by atoms with van der Waals surface area (Å²) >= 11 is 0. The van der Waals surface area contributed by atoms with Crippen molar-refractivity contribution in [2.75, 3.05) is 0 Å². The number of benzene rings is 1. The van der Waals surface area contributed by atoms with Crippen LogP contribution in [0.4, 0.5) is 0 Å². The number of sulfonamides is 1. The summed E-state index contributed by atoms with van der Waals surface area (Å²) in [6.07, 6.45) is 0. The molecule has 1 aromatic carbocycles. The zero-order valence-corrected chi connectivity index (χ0v) is 10.4. The Morgan fingerprint density at radius 1 is 1.28 bits per heavy atom. The van der Waals surface area contributed by atoms with Crippen LogP contribution in [-0.4, -0.2) is 28.6 Å². The first-order chi connectivity index (χ1) is 8.39. The number of aromatic nitrogens is 4. The van der Waals surface area contributed by atoms with Crippen molar-refractivity contribution in [3.8, 4) is 5.69 Å². The molecular weight excluding hydrogens is 256 g/mol. The zero-order chi connectivity index (χ0) is 13.3. The lowest BCUT2D eigenvalue weighted by Crippen LogP contribution is -2.14. The van der Waals surface area contributed by atoms with Gasteiger partial charge < -0.3 is 5.73 Å². The molecule has 0 bridgehead atoms. The van der Waals surface area contributed by atoms with Crippen LogP contribution in [0.5, 0.6) is 0 Å². The largest absolute Gasteiger partial charge is 0.321 e. The van der Waals surface area contributed by atoms with Crippen LogP contribution in [0.2, 0.25) is 0 Å². The number of nitrogens with zero attached hydrogens (tertiary/aromatic N) is 4. The second-order valence-electron chi connectivity index (χ2n) is 3.78. The lowest BCUT2D eigenvalue weighted by atomic mass is 10.3. The molecule has 18 heavy (non-hydrogen) atoms. The Morgan fingerprint density at radius 3 is 2.39 bits per heavy atom. The maximum Gasteiger partial charge on any atom is 0.238 e. The Labute approximate surface area is 104 Å². The van der Waals surface area contributed by atoms with Gasteiger partial charge in [-0.3, -0.25) is 0 Å². The molecule has 1 aromatic heterocycles. The van der Waals surface area contributed by atoms with Gasteiger partial charge in [0.2, 0.25) is 10.0 Å². The first kappa shape index (κ1) is 12.6. The molecule has 0 aliphatic heterocycles. The maximum absolute atomic E-state index is 11.1. The second-order valence-corrected chi connectivity index (χ2v) is 5.34. The van der Waals surface area contributed by atoms with Gasteiger partial charge in [0.1, 0.15) is 0 Å². The summed E-state index contributed by atoms with van der Waals surface area (Å²) in [5.41, 5.74) is 6.33. The number of hydrogen-bond acceptors (Lipinski definition) is 6. The number of primary sulfonamides is 1. The van der Waals surface area contributed by atoms with E-state index >= 15 is 0 Å². The van der Waals surface area contributed by atoms with Crippen LogP contribution in [0.1, 0.15) is 18.8 Å². The minimum atomic E-state index is -3.70. The summed E-state index contributed by atoms with van der Waals surface area (Å²) in [6.45, 7) is 1.75. The average molecular weight is 268 g/mol. The average Bonchev–Trinajstić information content (AvgIpc) is 2.77. The SMILES string of the molecule is CC(N)c1nnnn1-c1ccc(S(N)(=O)=O)cc1. The van der Waals surface area contributed by atoms with Gasteiger partial charge in [-0.2, -0.15) is 4.68 Å². The third-order valence-corrected chi connectivity index (χ3v) is 3.24. The molecule has 8 nitrogen and oxygen atoms in total. The van der Waals surface area contributed by atoms with Crippen LogP contribution in [0.3, 0.4) is 0 Å². The third-order valence-electron chi connectivity index (χ3n) is 2.31. The quantitative estimate of drug-likeness (QED) is 0.759. The lowest BCUT2D eigenvalue weighted by molar-refractivity contribution is 0.597. The molecular formula is C9H12N6O2S. The second kappa shape index (κ2) is 4.44. The molecule has 0 saturated carbocycles. The molecule has 1 atom stereocenters. The van der Waals surface area contributed by atoms with E-state index in [1.807, 2.05) is 0 Å². The fraction of sp³-hybridized carbons (Fsp3) is 0.222. The number of tetrazole rings is 1. The van der Waals surface area contributed by atoms with E-state index in [-0.39, 0.29) is 10.9 Å². The van der Waals surface area contributed by atoms with Crippen molar-refractivity contribution < 1.29 is 8.42 Å². The third kappa shape index (κ3) is 2.37. The Balaban J connectivity index is 2.44. The molecule has 9 heteroatoms. The predicted molar refractivity (Wildman–Crippen MR) is 63.1 cm³/mol. The van der Waals surface area contributed by atoms with E-state index in [9.17, 15) is 8.42 Å². The number of hydrogen-bond donors (Lipinski definition) is 2. The molecule has 0 saturated heterocycles. The van der Waals surface area contributed by atoms with Crippen molar-refractivity contribution in [3.63, 3.8) is 0 Å². The molecule has 0 radical (unpaired) electrons. The van der Waals surface area contributed by atoms with Gasteiger partial charge in [-0.1, -0.05) is 0 Å². The highest BCUT2D eigenvalue weighted by molar-refractivity contribution is 7.89. The molecule has 1 heterocycles. The fourth-order valence-corrected chi connectivity index (χ4v) is 1.95. The molecule has 4 N–H and O–H groups in total. The monoisotopic (exact) mass is 268 g/mol. The van der Waals surface area contributed by atoms with Crippen LogP contribution < -0.4 is 10.9 Å². The minimum Gasteiger partial charge on any atom is -0.321 e. The molecule has 1 unspecified atom stereocenters. The van der Waals surface area contributed by atoms with E-state index in [0.29, 0.717) is 11.5 Å². The van der Waals surface area contributed by atoms with Gasteiger partial charge in [-0.05, 0) is 41.6 Å². The Bertz CT molecular complexity index is 646. The fourth-order valence-electron chi connectivity index (χ4n) is 1.44. The summed E-state index contributed by atoms with van der Waals surface area (Å²) < 4.78 is 23.7. The van der Waals surface area contributed by atoms with Crippen molar-refractivity contribution in [1.29, 1.82) is 0 Å². The van der Waals surface area contributed by atoms with Crippen molar-refractivity contribution in [1.82, 2.24) is 20.2 Å². The van der Waals surface area contributed by atoms with E-state index in [2.05, 4.69) is 15.5 Å². The van der Waals surface area contributed by atoms with E-state index in [4.69, 9.17) is 10.9 Å². The predicted octanol–water partition coefficient (Wildman–Crippen LogP) is -0.671. The van der Waals surface area contributed by atoms with Crippen LogP contribution in [0, 0.1) is 0 Å². The minimum absolute atomic E-state index is 0.0293. The van der Waals surface area contributed by atoms with Gasteiger partial charge >= 0.3 is 0 Å². The van der Waals surface area contributed by atoms with Gasteiger partial charge in [0.25, 0.3) is 0 Å². The summed E-state index contributed by atoms with van der Waals surface area (Å²) in [5.74, 6) is 0.485. The van der Waals surface area contributed by atoms with Gasteiger partial charge in [0.15, 0.2) is 5.82 Å². The van der Waals surface area contributed by atoms with E-state index in [1.54, 1.807) is 19.1 Å². The molecule has 0 aliphatic rings. The smallest absolute Gasteiger partial charge is 0.238 e. The lowest BCUT2D eigenvalue weighted by Gasteiger charge is -2.07. The highest BCUT2D eigenvalue weighted by Crippen LogP contribution is 2.14. The van der Waals surface area contributed by atoms with Crippen molar-refractivity contribution in [2.24, 2.45) is 10.9 Å². The molecule has 0 amide bonds. The van der Waals surface area contributed by atoms with Crippen molar-refractivity contribution in [2.45, 2.75) is 17.9 Å². The Morgan fingerprint density at radius 2 is 1.89 bits per heavy atom. The van der Waals surface area contributed by atoms with Crippen LogP contribution >= 0.6 is 0 Å². The van der Waals surface area contributed by atoms with Gasteiger partial charge in [-0.15, -0.1) is 5.10 Å². The van der Waals surface area contributed by atoms with Crippen molar-refractivity contribution >= 4 is 10.0 Å². The highest BCUT2D eigenvalue weighted by Gasteiger charge is 2.13. The number of rotatable bonds is 3. The first-order valence-electron chi connectivity index (χ1n) is 5.06. The summed E-state index contributed by atoms with van der Waals surface area (Å²) in [6, 6.07) is 5.55. The van der Waals surface area contributed by atoms with Gasteiger partial charge in [0.05, 0.1) is 16.6 Å². The Hall–Kier alpha value is -1.84. The summed E-state index contributed by atoms with van der Waals surface area (Å²) in [4.78, 5) is 0.0293. The molecule has 0 spiro atoms. The molecule has 0 aliphatic carbocycles. The van der Waals surface area contributed by atoms with Gasteiger partial charge in [-0.25, -0.2) is 13.6 Å². The Kier molecular flexibility index (Phi) is 3.11. The highest BCUT2D eigenvalue weighted by atomic mass is 32.2. The molecule has 2 aromatic rings. The maximum atomic E-state index is 11.1.